The lowest BCUT2D eigenvalue weighted by Crippen LogP contribution is -2.04. The number of unbranched alkanes of at least 4 members (excludes halogenated alkanes) is 3. The summed E-state index contributed by atoms with van der Waals surface area (Å²) < 4.78 is 7.29. The standard InChI is InChI=1S/C16H23N3O2/c1-3-4-5-8-11-19-16(14(12-20)17-18-19)13-9-6-7-10-15(13)21-2/h6-7,9-10,20H,3-5,8,11-12H2,1-2H3. The molecule has 1 aromatic carbocycles. The van der Waals surface area contributed by atoms with Gasteiger partial charge in [-0.05, 0) is 18.6 Å². The first-order valence-corrected chi connectivity index (χ1v) is 7.48. The van der Waals surface area contributed by atoms with Gasteiger partial charge >= 0.3 is 0 Å². The van der Waals surface area contributed by atoms with Gasteiger partial charge in [0.05, 0.1) is 19.4 Å². The lowest BCUT2D eigenvalue weighted by atomic mass is 10.1. The predicted octanol–water partition coefficient (Wildman–Crippen LogP) is 3.03. The highest BCUT2D eigenvalue weighted by molar-refractivity contribution is 5.69. The van der Waals surface area contributed by atoms with E-state index in [1.165, 1.54) is 19.3 Å². The average Bonchev–Trinajstić information content (AvgIpc) is 2.94. The van der Waals surface area contributed by atoms with E-state index in [0.717, 1.165) is 30.0 Å². The minimum Gasteiger partial charge on any atom is -0.496 e. The van der Waals surface area contributed by atoms with Crippen molar-refractivity contribution >= 4 is 0 Å². The Hall–Kier alpha value is -1.88. The van der Waals surface area contributed by atoms with E-state index in [4.69, 9.17) is 4.74 Å². The van der Waals surface area contributed by atoms with Crippen molar-refractivity contribution in [2.24, 2.45) is 0 Å². The fourth-order valence-electron chi connectivity index (χ4n) is 2.44. The molecule has 0 aliphatic heterocycles. The Morgan fingerprint density at radius 1 is 1.19 bits per heavy atom. The lowest BCUT2D eigenvalue weighted by molar-refractivity contribution is 0.277. The molecular formula is C16H23N3O2. The first-order chi connectivity index (χ1) is 10.3. The summed E-state index contributed by atoms with van der Waals surface area (Å²) >= 11 is 0. The highest BCUT2D eigenvalue weighted by Gasteiger charge is 2.17. The number of benzene rings is 1. The third-order valence-corrected chi connectivity index (χ3v) is 3.54. The maximum Gasteiger partial charge on any atom is 0.128 e. The third kappa shape index (κ3) is 3.61. The molecule has 0 saturated carbocycles. The van der Waals surface area contributed by atoms with Crippen LogP contribution in [0.25, 0.3) is 11.3 Å². The summed E-state index contributed by atoms with van der Waals surface area (Å²) in [6.45, 7) is 2.88. The second-order valence-corrected chi connectivity index (χ2v) is 5.03. The minimum atomic E-state index is -0.123. The van der Waals surface area contributed by atoms with Gasteiger partial charge in [0, 0.05) is 12.1 Å². The molecule has 0 bridgehead atoms. The number of hydrogen-bond acceptors (Lipinski definition) is 4. The van der Waals surface area contributed by atoms with E-state index >= 15 is 0 Å². The van der Waals surface area contributed by atoms with Crippen LogP contribution in [0.4, 0.5) is 0 Å². The van der Waals surface area contributed by atoms with E-state index in [-0.39, 0.29) is 6.61 Å². The van der Waals surface area contributed by atoms with Gasteiger partial charge in [0.2, 0.25) is 0 Å². The number of aliphatic hydroxyl groups is 1. The van der Waals surface area contributed by atoms with E-state index in [1.807, 2.05) is 28.9 Å². The number of rotatable bonds is 8. The number of para-hydroxylation sites is 1. The molecule has 2 aromatic rings. The minimum absolute atomic E-state index is 0.123. The van der Waals surface area contributed by atoms with E-state index in [0.29, 0.717) is 5.69 Å². The van der Waals surface area contributed by atoms with Gasteiger partial charge in [-0.15, -0.1) is 5.10 Å². The van der Waals surface area contributed by atoms with Gasteiger partial charge in [-0.25, -0.2) is 4.68 Å². The number of nitrogens with zero attached hydrogens (tertiary/aromatic N) is 3. The van der Waals surface area contributed by atoms with Crippen LogP contribution in [-0.4, -0.2) is 27.2 Å². The molecular weight excluding hydrogens is 266 g/mol. The number of aryl methyl sites for hydroxylation is 1. The smallest absolute Gasteiger partial charge is 0.128 e. The van der Waals surface area contributed by atoms with Crippen LogP contribution >= 0.6 is 0 Å². The van der Waals surface area contributed by atoms with Crippen molar-refractivity contribution in [2.45, 2.75) is 45.8 Å². The van der Waals surface area contributed by atoms with E-state index in [9.17, 15) is 5.11 Å². The number of hydrogen-bond donors (Lipinski definition) is 1. The molecule has 0 aliphatic rings. The van der Waals surface area contributed by atoms with Gasteiger partial charge < -0.3 is 9.84 Å². The molecule has 1 heterocycles. The van der Waals surface area contributed by atoms with Crippen LogP contribution in [0.1, 0.15) is 38.3 Å². The third-order valence-electron chi connectivity index (χ3n) is 3.54. The molecule has 0 radical (unpaired) electrons. The van der Waals surface area contributed by atoms with E-state index < -0.39 is 0 Å². The van der Waals surface area contributed by atoms with Crippen LogP contribution in [0, 0.1) is 0 Å². The summed E-state index contributed by atoms with van der Waals surface area (Å²) in [4.78, 5) is 0. The molecule has 1 aromatic heterocycles. The van der Waals surface area contributed by atoms with Crippen molar-refractivity contribution in [3.8, 4) is 17.0 Å². The molecule has 5 heteroatoms. The van der Waals surface area contributed by atoms with Crippen LogP contribution in [0.5, 0.6) is 5.75 Å². The SMILES string of the molecule is CCCCCCn1nnc(CO)c1-c1ccccc1OC. The number of ether oxygens (including phenoxy) is 1. The van der Waals surface area contributed by atoms with Crippen molar-refractivity contribution in [1.82, 2.24) is 15.0 Å². The topological polar surface area (TPSA) is 60.2 Å². The largest absolute Gasteiger partial charge is 0.496 e. The number of aliphatic hydroxyl groups excluding tert-OH is 1. The number of aromatic nitrogens is 3. The van der Waals surface area contributed by atoms with Crippen LogP contribution in [0.3, 0.4) is 0 Å². The molecule has 0 atom stereocenters. The van der Waals surface area contributed by atoms with Gasteiger partial charge in [-0.2, -0.15) is 0 Å². The summed E-state index contributed by atoms with van der Waals surface area (Å²) in [5.41, 5.74) is 2.37. The Bertz CT molecular complexity index is 566. The molecule has 0 spiro atoms. The number of methoxy groups -OCH3 is 1. The first kappa shape index (κ1) is 15.5. The van der Waals surface area contributed by atoms with Gasteiger partial charge in [-0.1, -0.05) is 43.5 Å². The Morgan fingerprint density at radius 2 is 2.00 bits per heavy atom. The molecule has 2 rings (SSSR count). The summed E-state index contributed by atoms with van der Waals surface area (Å²) in [6.07, 6.45) is 4.67. The maximum atomic E-state index is 9.51. The van der Waals surface area contributed by atoms with Crippen molar-refractivity contribution in [3.05, 3.63) is 30.0 Å². The Labute approximate surface area is 125 Å². The monoisotopic (exact) mass is 289 g/mol. The molecule has 1 N–H and O–H groups in total. The highest BCUT2D eigenvalue weighted by atomic mass is 16.5. The first-order valence-electron chi connectivity index (χ1n) is 7.48. The highest BCUT2D eigenvalue weighted by Crippen LogP contribution is 2.31. The zero-order valence-electron chi connectivity index (χ0n) is 12.7. The molecule has 0 aliphatic carbocycles. The predicted molar refractivity (Wildman–Crippen MR) is 82.1 cm³/mol. The quantitative estimate of drug-likeness (QED) is 0.759. The van der Waals surface area contributed by atoms with Crippen molar-refractivity contribution < 1.29 is 9.84 Å². The van der Waals surface area contributed by atoms with Crippen molar-refractivity contribution in [3.63, 3.8) is 0 Å². The second-order valence-electron chi connectivity index (χ2n) is 5.03. The lowest BCUT2D eigenvalue weighted by Gasteiger charge is -2.11. The average molecular weight is 289 g/mol. The molecule has 21 heavy (non-hydrogen) atoms. The van der Waals surface area contributed by atoms with Gasteiger partial charge in [-0.3, -0.25) is 0 Å². The molecule has 114 valence electrons. The van der Waals surface area contributed by atoms with Crippen molar-refractivity contribution in [2.75, 3.05) is 7.11 Å². The fraction of sp³-hybridized carbons (Fsp3) is 0.500. The van der Waals surface area contributed by atoms with E-state index in [2.05, 4.69) is 17.2 Å². The Kier molecular flexibility index (Phi) is 5.75. The van der Waals surface area contributed by atoms with Crippen LogP contribution in [0.15, 0.2) is 24.3 Å². The Morgan fingerprint density at radius 3 is 2.71 bits per heavy atom. The molecule has 0 amide bonds. The zero-order valence-corrected chi connectivity index (χ0v) is 12.7. The summed E-state index contributed by atoms with van der Waals surface area (Å²) in [5, 5.41) is 17.8. The van der Waals surface area contributed by atoms with Gasteiger partial charge in [0.1, 0.15) is 11.4 Å². The molecule has 0 saturated heterocycles. The summed E-state index contributed by atoms with van der Waals surface area (Å²) in [5.74, 6) is 0.768. The molecule has 0 unspecified atom stereocenters. The van der Waals surface area contributed by atoms with Crippen molar-refractivity contribution in [1.29, 1.82) is 0 Å². The maximum absolute atomic E-state index is 9.51. The fourth-order valence-corrected chi connectivity index (χ4v) is 2.44. The molecule has 5 nitrogen and oxygen atoms in total. The van der Waals surface area contributed by atoms with Crippen LogP contribution in [-0.2, 0) is 13.2 Å². The summed E-state index contributed by atoms with van der Waals surface area (Å²) in [6, 6.07) is 7.76. The summed E-state index contributed by atoms with van der Waals surface area (Å²) in [7, 11) is 1.65. The Balaban J connectivity index is 2.30. The van der Waals surface area contributed by atoms with Gasteiger partial charge in [0.25, 0.3) is 0 Å². The van der Waals surface area contributed by atoms with E-state index in [1.54, 1.807) is 7.11 Å². The second kappa shape index (κ2) is 7.78. The molecule has 0 fully saturated rings. The zero-order chi connectivity index (χ0) is 15.1. The normalized spacial score (nSPS) is 10.8. The van der Waals surface area contributed by atoms with Crippen LogP contribution < -0.4 is 4.74 Å². The van der Waals surface area contributed by atoms with Crippen LogP contribution in [0.2, 0.25) is 0 Å². The van der Waals surface area contributed by atoms with Gasteiger partial charge in [0.15, 0.2) is 0 Å².